The Balaban J connectivity index is 1.69. The maximum atomic E-state index is 12.8. The van der Waals surface area contributed by atoms with Gasteiger partial charge >= 0.3 is 0 Å². The molecule has 1 fully saturated rings. The van der Waals surface area contributed by atoms with Crippen LogP contribution in [0.4, 0.5) is 0 Å². The van der Waals surface area contributed by atoms with Crippen molar-refractivity contribution >= 4 is 24.1 Å². The number of hydrogen-bond donors (Lipinski definition) is 0. The number of benzene rings is 2. The van der Waals surface area contributed by atoms with Gasteiger partial charge in [-0.15, -0.1) is 0 Å². The lowest BCUT2D eigenvalue weighted by Gasteiger charge is -2.37. The summed E-state index contributed by atoms with van der Waals surface area (Å²) in [7, 11) is 3.27. The lowest BCUT2D eigenvalue weighted by atomic mass is 10.1. The van der Waals surface area contributed by atoms with Gasteiger partial charge in [0.15, 0.2) is 0 Å². The van der Waals surface area contributed by atoms with E-state index >= 15 is 0 Å². The van der Waals surface area contributed by atoms with Crippen molar-refractivity contribution in [1.29, 1.82) is 0 Å². The van der Waals surface area contributed by atoms with E-state index in [1.54, 1.807) is 20.3 Å². The molecule has 2 aromatic carbocycles. The highest BCUT2D eigenvalue weighted by molar-refractivity contribution is 5.94. The Morgan fingerprint density at radius 1 is 0.935 bits per heavy atom. The monoisotopic (exact) mass is 420 g/mol. The van der Waals surface area contributed by atoms with Gasteiger partial charge in [-0.25, -0.2) is 0 Å². The molecule has 164 valence electrons. The van der Waals surface area contributed by atoms with E-state index in [2.05, 4.69) is 25.3 Å². The summed E-state index contributed by atoms with van der Waals surface area (Å²) < 4.78 is 10.9. The normalized spacial score (nSPS) is 14.8. The quantitative estimate of drug-likeness (QED) is 0.610. The average Bonchev–Trinajstić information content (AvgIpc) is 2.81. The summed E-state index contributed by atoms with van der Waals surface area (Å²) in [5.41, 5.74) is 3.54. The van der Waals surface area contributed by atoms with Gasteiger partial charge in [0.25, 0.3) is 5.91 Å². The highest BCUT2D eigenvalue weighted by Crippen LogP contribution is 2.32. The molecule has 31 heavy (non-hydrogen) atoms. The van der Waals surface area contributed by atoms with Crippen molar-refractivity contribution < 1.29 is 14.3 Å². The summed E-state index contributed by atoms with van der Waals surface area (Å²) in [5, 5.41) is 0. The lowest BCUT2D eigenvalue weighted by Crippen LogP contribution is -2.50. The van der Waals surface area contributed by atoms with E-state index in [4.69, 9.17) is 9.47 Å². The van der Waals surface area contributed by atoms with Crippen molar-refractivity contribution in [2.75, 3.05) is 40.4 Å². The Morgan fingerprint density at radius 2 is 1.48 bits per heavy atom. The molecule has 0 aliphatic carbocycles. The summed E-state index contributed by atoms with van der Waals surface area (Å²) in [5.74, 6) is 1.54. The van der Waals surface area contributed by atoms with Crippen LogP contribution in [0.5, 0.6) is 11.5 Å². The minimum atomic E-state index is 0.105. The first kappa shape index (κ1) is 22.6. The Kier molecular flexibility index (Phi) is 7.53. The van der Waals surface area contributed by atoms with Crippen LogP contribution in [0.15, 0.2) is 43.0 Å². The van der Waals surface area contributed by atoms with E-state index in [9.17, 15) is 4.79 Å². The van der Waals surface area contributed by atoms with Crippen molar-refractivity contribution in [3.63, 3.8) is 0 Å². The van der Waals surface area contributed by atoms with E-state index in [1.807, 2.05) is 53.5 Å². The maximum absolute atomic E-state index is 12.8. The minimum absolute atomic E-state index is 0.105. The molecular formula is C26H32N2O3. The topological polar surface area (TPSA) is 42.0 Å². The standard InChI is InChI=1S/C26H32N2O3/c1-6-23-24(30-4)17-21(18-25(23)31-5)8-7-20-9-11-22(12-10-20)26(29)28-15-13-27(14-16-28)19(2)3/h6-12,17-19H,1,13-16H2,2-5H3/b8-7+. The van der Waals surface area contributed by atoms with Crippen molar-refractivity contribution in [3.8, 4) is 11.5 Å². The molecule has 1 saturated heterocycles. The second-order valence-electron chi connectivity index (χ2n) is 7.92. The molecule has 0 N–H and O–H groups in total. The van der Waals surface area contributed by atoms with Gasteiger partial charge in [-0.05, 0) is 49.2 Å². The van der Waals surface area contributed by atoms with Crippen LogP contribution in [0.25, 0.3) is 18.2 Å². The number of nitrogens with zero attached hydrogens (tertiary/aromatic N) is 2. The highest BCUT2D eigenvalue weighted by Gasteiger charge is 2.23. The number of methoxy groups -OCH3 is 2. The Morgan fingerprint density at radius 3 is 1.97 bits per heavy atom. The molecule has 5 heteroatoms. The van der Waals surface area contributed by atoms with Crippen molar-refractivity contribution in [2.45, 2.75) is 19.9 Å². The predicted molar refractivity (Wildman–Crippen MR) is 128 cm³/mol. The fourth-order valence-corrected chi connectivity index (χ4v) is 3.81. The van der Waals surface area contributed by atoms with Crippen LogP contribution in [0.3, 0.4) is 0 Å². The van der Waals surface area contributed by atoms with Crippen LogP contribution in [0.2, 0.25) is 0 Å². The number of rotatable bonds is 7. The van der Waals surface area contributed by atoms with E-state index < -0.39 is 0 Å². The van der Waals surface area contributed by atoms with Gasteiger partial charge in [-0.2, -0.15) is 0 Å². The average molecular weight is 421 g/mol. The number of ether oxygens (including phenoxy) is 2. The first-order valence-electron chi connectivity index (χ1n) is 10.7. The van der Waals surface area contributed by atoms with Gasteiger partial charge in [0.05, 0.1) is 19.8 Å². The van der Waals surface area contributed by atoms with Crippen molar-refractivity contribution in [3.05, 3.63) is 65.2 Å². The molecular weight excluding hydrogens is 388 g/mol. The fourth-order valence-electron chi connectivity index (χ4n) is 3.81. The van der Waals surface area contributed by atoms with Gasteiger partial charge in [0.2, 0.25) is 0 Å². The first-order valence-corrected chi connectivity index (χ1v) is 10.7. The van der Waals surface area contributed by atoms with Crippen LogP contribution in [-0.2, 0) is 0 Å². The van der Waals surface area contributed by atoms with Crippen LogP contribution in [-0.4, -0.2) is 62.1 Å². The Bertz CT molecular complexity index is 915. The molecule has 2 aromatic rings. The predicted octanol–water partition coefficient (Wildman–Crippen LogP) is 4.68. The third-order valence-corrected chi connectivity index (χ3v) is 5.73. The second-order valence-corrected chi connectivity index (χ2v) is 7.92. The SMILES string of the molecule is C=Cc1c(OC)cc(/C=C/c2ccc(C(=O)N3CCN(C(C)C)CC3)cc2)cc1OC. The molecule has 0 spiro atoms. The zero-order chi connectivity index (χ0) is 22.4. The van der Waals surface area contributed by atoms with E-state index in [-0.39, 0.29) is 5.91 Å². The summed E-state index contributed by atoms with van der Waals surface area (Å²) in [6.45, 7) is 11.6. The molecule has 1 heterocycles. The number of amides is 1. The molecule has 0 bridgehead atoms. The highest BCUT2D eigenvalue weighted by atomic mass is 16.5. The van der Waals surface area contributed by atoms with Gasteiger partial charge in [0.1, 0.15) is 11.5 Å². The molecule has 1 amide bonds. The smallest absolute Gasteiger partial charge is 0.253 e. The van der Waals surface area contributed by atoms with Crippen LogP contribution < -0.4 is 9.47 Å². The van der Waals surface area contributed by atoms with Crippen LogP contribution in [0, 0.1) is 0 Å². The number of carbonyl (C=O) groups is 1. The largest absolute Gasteiger partial charge is 0.496 e. The summed E-state index contributed by atoms with van der Waals surface area (Å²) >= 11 is 0. The third-order valence-electron chi connectivity index (χ3n) is 5.73. The molecule has 1 aliphatic rings. The number of piperazine rings is 1. The zero-order valence-corrected chi connectivity index (χ0v) is 18.9. The van der Waals surface area contributed by atoms with Gasteiger partial charge in [0, 0.05) is 37.8 Å². The molecule has 3 rings (SSSR count). The van der Waals surface area contributed by atoms with Crippen molar-refractivity contribution in [1.82, 2.24) is 9.80 Å². The molecule has 5 nitrogen and oxygen atoms in total. The Labute approximate surface area is 185 Å². The fraction of sp³-hybridized carbons (Fsp3) is 0.346. The van der Waals surface area contributed by atoms with Crippen LogP contribution >= 0.6 is 0 Å². The molecule has 0 saturated carbocycles. The maximum Gasteiger partial charge on any atom is 0.253 e. The summed E-state index contributed by atoms with van der Waals surface area (Å²) in [4.78, 5) is 17.2. The lowest BCUT2D eigenvalue weighted by molar-refractivity contribution is 0.0595. The second kappa shape index (κ2) is 10.3. The van der Waals surface area contributed by atoms with E-state index in [0.717, 1.165) is 48.4 Å². The molecule has 0 aromatic heterocycles. The Hall–Kier alpha value is -3.05. The summed E-state index contributed by atoms with van der Waals surface area (Å²) in [6, 6.07) is 12.2. The molecule has 0 atom stereocenters. The summed E-state index contributed by atoms with van der Waals surface area (Å²) in [6.07, 6.45) is 5.74. The van der Waals surface area contributed by atoms with E-state index in [0.29, 0.717) is 17.5 Å². The van der Waals surface area contributed by atoms with Gasteiger partial charge in [-0.1, -0.05) is 36.9 Å². The first-order chi connectivity index (χ1) is 15.0. The number of hydrogen-bond acceptors (Lipinski definition) is 4. The minimum Gasteiger partial charge on any atom is -0.496 e. The number of carbonyl (C=O) groups excluding carboxylic acids is 1. The third kappa shape index (κ3) is 5.36. The van der Waals surface area contributed by atoms with Gasteiger partial charge in [-0.3, -0.25) is 9.69 Å². The van der Waals surface area contributed by atoms with Crippen molar-refractivity contribution in [2.24, 2.45) is 0 Å². The zero-order valence-electron chi connectivity index (χ0n) is 18.9. The van der Waals surface area contributed by atoms with Crippen LogP contribution in [0.1, 0.15) is 40.9 Å². The molecule has 0 unspecified atom stereocenters. The van der Waals surface area contributed by atoms with E-state index in [1.165, 1.54) is 0 Å². The molecule has 0 radical (unpaired) electrons. The van der Waals surface area contributed by atoms with Gasteiger partial charge < -0.3 is 14.4 Å². The molecule has 1 aliphatic heterocycles.